The number of aryl methyl sites for hydroxylation is 2. The number of aromatic nitrogens is 1. The number of phenols is 1. The number of rotatable bonds is 3. The van der Waals surface area contributed by atoms with Crippen molar-refractivity contribution in [1.29, 1.82) is 0 Å². The predicted molar refractivity (Wildman–Crippen MR) is 75.0 cm³/mol. The van der Waals surface area contributed by atoms with E-state index in [0.29, 0.717) is 11.8 Å². The Balaban J connectivity index is 1.72. The van der Waals surface area contributed by atoms with Gasteiger partial charge in [-0.15, -0.1) is 0 Å². The molecule has 1 aliphatic rings. The highest BCUT2D eigenvalue weighted by Crippen LogP contribution is 2.33. The summed E-state index contributed by atoms with van der Waals surface area (Å²) >= 11 is 0. The fraction of sp³-hybridized carbons (Fsp3) is 0.312. The molecule has 1 unspecified atom stereocenters. The van der Waals surface area contributed by atoms with Gasteiger partial charge in [0.1, 0.15) is 5.75 Å². The molecule has 2 aromatic rings. The first-order valence-corrected chi connectivity index (χ1v) is 6.68. The maximum atomic E-state index is 9.50. The van der Waals surface area contributed by atoms with Crippen molar-refractivity contribution in [1.82, 2.24) is 10.3 Å². The third-order valence-corrected chi connectivity index (χ3v) is 3.88. The van der Waals surface area contributed by atoms with Gasteiger partial charge >= 0.3 is 0 Å². The molecule has 19 heavy (non-hydrogen) atoms. The van der Waals surface area contributed by atoms with Gasteiger partial charge < -0.3 is 10.4 Å². The van der Waals surface area contributed by atoms with Crippen molar-refractivity contribution >= 4 is 0 Å². The van der Waals surface area contributed by atoms with Crippen molar-refractivity contribution < 1.29 is 5.11 Å². The van der Waals surface area contributed by atoms with Gasteiger partial charge in [0.15, 0.2) is 0 Å². The second-order valence-corrected chi connectivity index (χ2v) is 5.16. The zero-order valence-corrected chi connectivity index (χ0v) is 11.1. The quantitative estimate of drug-likeness (QED) is 0.885. The summed E-state index contributed by atoms with van der Waals surface area (Å²) in [6.45, 7) is 2.95. The van der Waals surface area contributed by atoms with Crippen LogP contribution < -0.4 is 5.32 Å². The number of fused-ring (bicyclic) bond motifs is 1. The van der Waals surface area contributed by atoms with Crippen LogP contribution in [0.5, 0.6) is 5.75 Å². The summed E-state index contributed by atoms with van der Waals surface area (Å²) < 4.78 is 0. The van der Waals surface area contributed by atoms with E-state index in [1.165, 1.54) is 22.3 Å². The number of nitrogens with zero attached hydrogens (tertiary/aromatic N) is 1. The highest BCUT2D eigenvalue weighted by molar-refractivity contribution is 5.40. The van der Waals surface area contributed by atoms with Gasteiger partial charge in [0.05, 0.1) is 0 Å². The van der Waals surface area contributed by atoms with Crippen LogP contribution in [0.4, 0.5) is 0 Å². The van der Waals surface area contributed by atoms with E-state index >= 15 is 0 Å². The second-order valence-electron chi connectivity index (χ2n) is 5.16. The highest BCUT2D eigenvalue weighted by atomic mass is 16.3. The van der Waals surface area contributed by atoms with Gasteiger partial charge in [-0.25, -0.2) is 0 Å². The van der Waals surface area contributed by atoms with Crippen LogP contribution in [0.2, 0.25) is 0 Å². The minimum Gasteiger partial charge on any atom is -0.508 e. The molecule has 0 saturated heterocycles. The molecule has 0 fully saturated rings. The first-order valence-electron chi connectivity index (χ1n) is 6.68. The first kappa shape index (κ1) is 12.2. The molecule has 0 radical (unpaired) electrons. The molecule has 1 aromatic carbocycles. The molecule has 1 aliphatic carbocycles. The Kier molecular flexibility index (Phi) is 3.22. The van der Waals surface area contributed by atoms with Gasteiger partial charge in [-0.2, -0.15) is 0 Å². The van der Waals surface area contributed by atoms with Gasteiger partial charge in [0, 0.05) is 25.0 Å². The minimum absolute atomic E-state index is 0.365. The highest BCUT2D eigenvalue weighted by Gasteiger charge is 2.22. The number of hydrogen-bond donors (Lipinski definition) is 2. The third kappa shape index (κ3) is 2.47. The summed E-state index contributed by atoms with van der Waals surface area (Å²) in [5.74, 6) is 0.365. The smallest absolute Gasteiger partial charge is 0.115 e. The van der Waals surface area contributed by atoms with Crippen LogP contribution in [0.15, 0.2) is 36.7 Å². The fourth-order valence-electron chi connectivity index (χ4n) is 2.75. The standard InChI is InChI=1S/C16H18N2O/c1-11-9-17-7-6-13(11)10-18-16-5-2-12-8-14(19)3-4-15(12)16/h3-4,6-9,16,18-19H,2,5,10H2,1H3. The maximum absolute atomic E-state index is 9.50. The zero-order valence-electron chi connectivity index (χ0n) is 11.1. The molecule has 0 amide bonds. The van der Waals surface area contributed by atoms with E-state index < -0.39 is 0 Å². The average molecular weight is 254 g/mol. The lowest BCUT2D eigenvalue weighted by Crippen LogP contribution is -2.19. The lowest BCUT2D eigenvalue weighted by atomic mass is 10.1. The Morgan fingerprint density at radius 1 is 1.37 bits per heavy atom. The van der Waals surface area contributed by atoms with Crippen molar-refractivity contribution in [3.8, 4) is 5.75 Å². The van der Waals surface area contributed by atoms with Gasteiger partial charge in [-0.1, -0.05) is 6.07 Å². The predicted octanol–water partition coefficient (Wildman–Crippen LogP) is 2.87. The van der Waals surface area contributed by atoms with E-state index in [1.54, 1.807) is 6.07 Å². The van der Waals surface area contributed by atoms with Gasteiger partial charge in [0.2, 0.25) is 0 Å². The summed E-state index contributed by atoms with van der Waals surface area (Å²) in [5, 5.41) is 13.1. The van der Waals surface area contributed by atoms with E-state index in [1.807, 2.05) is 24.5 Å². The Morgan fingerprint density at radius 2 is 2.26 bits per heavy atom. The molecule has 98 valence electrons. The topological polar surface area (TPSA) is 45.2 Å². The third-order valence-electron chi connectivity index (χ3n) is 3.88. The molecular formula is C16H18N2O. The van der Waals surface area contributed by atoms with Crippen LogP contribution in [0.3, 0.4) is 0 Å². The molecule has 0 spiro atoms. The van der Waals surface area contributed by atoms with Gasteiger partial charge in [-0.05, 0) is 60.2 Å². The molecule has 1 heterocycles. The zero-order chi connectivity index (χ0) is 13.2. The Hall–Kier alpha value is -1.87. The van der Waals surface area contributed by atoms with Gasteiger partial charge in [-0.3, -0.25) is 4.98 Å². The summed E-state index contributed by atoms with van der Waals surface area (Å²) in [7, 11) is 0. The molecule has 0 saturated carbocycles. The lowest BCUT2D eigenvalue weighted by Gasteiger charge is -2.15. The Morgan fingerprint density at radius 3 is 3.11 bits per heavy atom. The first-order chi connectivity index (χ1) is 9.24. The molecule has 0 aliphatic heterocycles. The maximum Gasteiger partial charge on any atom is 0.115 e. The molecule has 1 aromatic heterocycles. The largest absolute Gasteiger partial charge is 0.508 e. The average Bonchev–Trinajstić information content (AvgIpc) is 2.80. The van der Waals surface area contributed by atoms with Crippen molar-refractivity contribution in [2.45, 2.75) is 32.4 Å². The lowest BCUT2D eigenvalue weighted by molar-refractivity contribution is 0.474. The summed E-state index contributed by atoms with van der Waals surface area (Å²) in [6.07, 6.45) is 5.88. The molecule has 2 N–H and O–H groups in total. The number of aromatic hydroxyl groups is 1. The summed E-state index contributed by atoms with van der Waals surface area (Å²) in [4.78, 5) is 4.11. The number of phenolic OH excluding ortho intramolecular Hbond substituents is 1. The van der Waals surface area contributed by atoms with Crippen molar-refractivity contribution in [3.63, 3.8) is 0 Å². The van der Waals surface area contributed by atoms with Crippen LogP contribution in [0, 0.1) is 6.92 Å². The van der Waals surface area contributed by atoms with Gasteiger partial charge in [0.25, 0.3) is 0 Å². The molecule has 3 heteroatoms. The molecule has 3 nitrogen and oxygen atoms in total. The van der Waals surface area contributed by atoms with Crippen LogP contribution in [-0.2, 0) is 13.0 Å². The van der Waals surface area contributed by atoms with E-state index in [4.69, 9.17) is 0 Å². The van der Waals surface area contributed by atoms with E-state index in [9.17, 15) is 5.11 Å². The number of pyridine rings is 1. The molecule has 1 atom stereocenters. The van der Waals surface area contributed by atoms with Crippen LogP contribution in [-0.4, -0.2) is 10.1 Å². The second kappa shape index (κ2) is 5.02. The minimum atomic E-state index is 0.365. The molecule has 3 rings (SSSR count). The summed E-state index contributed by atoms with van der Waals surface area (Å²) in [6, 6.07) is 8.15. The van der Waals surface area contributed by atoms with Crippen molar-refractivity contribution in [2.75, 3.05) is 0 Å². The normalized spacial score (nSPS) is 17.4. The molecule has 0 bridgehead atoms. The van der Waals surface area contributed by atoms with Crippen LogP contribution in [0.25, 0.3) is 0 Å². The Bertz CT molecular complexity index is 595. The van der Waals surface area contributed by atoms with Crippen molar-refractivity contribution in [3.05, 3.63) is 58.9 Å². The SMILES string of the molecule is Cc1cnccc1CNC1CCc2cc(O)ccc21. The number of hydrogen-bond acceptors (Lipinski definition) is 3. The van der Waals surface area contributed by atoms with E-state index in [2.05, 4.69) is 23.3 Å². The fourth-order valence-corrected chi connectivity index (χ4v) is 2.75. The van der Waals surface area contributed by atoms with Crippen molar-refractivity contribution in [2.24, 2.45) is 0 Å². The number of benzene rings is 1. The van der Waals surface area contributed by atoms with Crippen LogP contribution >= 0.6 is 0 Å². The monoisotopic (exact) mass is 254 g/mol. The Labute approximate surface area is 113 Å². The van der Waals surface area contributed by atoms with E-state index in [-0.39, 0.29) is 0 Å². The number of nitrogens with one attached hydrogen (secondary N) is 1. The van der Waals surface area contributed by atoms with Crippen LogP contribution in [0.1, 0.15) is 34.7 Å². The van der Waals surface area contributed by atoms with E-state index in [0.717, 1.165) is 19.4 Å². The molecular weight excluding hydrogens is 236 g/mol. The summed E-state index contributed by atoms with van der Waals surface area (Å²) in [5.41, 5.74) is 5.11.